The molecule has 1 atom stereocenters. The molecule has 0 fully saturated rings. The lowest BCUT2D eigenvalue weighted by Crippen LogP contribution is -2.23. The number of nitrogens with one attached hydrogen (secondary N) is 2. The van der Waals surface area contributed by atoms with E-state index in [-0.39, 0.29) is 6.10 Å². The van der Waals surface area contributed by atoms with Crippen molar-refractivity contribution in [3.8, 4) is 0 Å². The van der Waals surface area contributed by atoms with Gasteiger partial charge < -0.3 is 15.2 Å². The van der Waals surface area contributed by atoms with Crippen LogP contribution < -0.4 is 5.32 Å². The minimum Gasteiger partial charge on any atom is -0.391 e. The quantitative estimate of drug-likeness (QED) is 0.536. The molecule has 5 heteroatoms. The van der Waals surface area contributed by atoms with Crippen molar-refractivity contribution < 1.29 is 9.84 Å². The van der Waals surface area contributed by atoms with Gasteiger partial charge in [-0.25, -0.2) is 0 Å². The van der Waals surface area contributed by atoms with Gasteiger partial charge in [0.1, 0.15) is 0 Å². The summed E-state index contributed by atoms with van der Waals surface area (Å²) in [7, 11) is 1.58. The summed E-state index contributed by atoms with van der Waals surface area (Å²) >= 11 is 0. The van der Waals surface area contributed by atoms with Crippen LogP contribution in [0.4, 0.5) is 0 Å². The number of hydrogen-bond acceptors (Lipinski definition) is 4. The van der Waals surface area contributed by atoms with Crippen molar-refractivity contribution in [2.24, 2.45) is 0 Å². The Hall–Kier alpha value is -0.910. The van der Waals surface area contributed by atoms with Gasteiger partial charge in [0.05, 0.1) is 12.7 Å². The molecule has 1 rings (SSSR count). The van der Waals surface area contributed by atoms with E-state index in [0.717, 1.165) is 18.8 Å². The van der Waals surface area contributed by atoms with Crippen molar-refractivity contribution in [3.63, 3.8) is 0 Å². The second-order valence-electron chi connectivity index (χ2n) is 3.16. The number of methoxy groups -OCH3 is 1. The summed E-state index contributed by atoms with van der Waals surface area (Å²) in [6, 6.07) is 1.92. The Bertz CT molecular complexity index is 226. The van der Waals surface area contributed by atoms with Gasteiger partial charge in [-0.2, -0.15) is 5.10 Å². The van der Waals surface area contributed by atoms with Crippen LogP contribution in [0.25, 0.3) is 0 Å². The normalized spacial score (nSPS) is 13.0. The Morgan fingerprint density at radius 1 is 1.71 bits per heavy atom. The zero-order valence-corrected chi connectivity index (χ0v) is 8.36. The summed E-state index contributed by atoms with van der Waals surface area (Å²) in [5.41, 5.74) is 1.05. The van der Waals surface area contributed by atoms with Crippen LogP contribution in [-0.2, 0) is 11.3 Å². The van der Waals surface area contributed by atoms with E-state index >= 15 is 0 Å². The fourth-order valence-electron chi connectivity index (χ4n) is 1.15. The van der Waals surface area contributed by atoms with Gasteiger partial charge in [-0.05, 0) is 19.0 Å². The Balaban J connectivity index is 1.99. The van der Waals surface area contributed by atoms with Gasteiger partial charge >= 0.3 is 0 Å². The lowest BCUT2D eigenvalue weighted by Gasteiger charge is -2.09. The number of hydrogen-bond donors (Lipinski definition) is 3. The van der Waals surface area contributed by atoms with Crippen molar-refractivity contribution in [1.29, 1.82) is 0 Å². The van der Waals surface area contributed by atoms with E-state index in [1.54, 1.807) is 13.3 Å². The molecule has 1 aromatic rings. The van der Waals surface area contributed by atoms with Crippen LogP contribution in [0.2, 0.25) is 0 Å². The molecule has 14 heavy (non-hydrogen) atoms. The van der Waals surface area contributed by atoms with Crippen LogP contribution in [0.15, 0.2) is 12.3 Å². The van der Waals surface area contributed by atoms with Gasteiger partial charge in [0.2, 0.25) is 0 Å². The van der Waals surface area contributed by atoms with Crippen molar-refractivity contribution in [3.05, 3.63) is 18.0 Å². The molecule has 0 aromatic carbocycles. The van der Waals surface area contributed by atoms with Crippen molar-refractivity contribution in [2.75, 3.05) is 20.3 Å². The SMILES string of the molecule is COCC(O)CCNCc1ccn[nH]1. The highest BCUT2D eigenvalue weighted by Gasteiger charge is 2.02. The van der Waals surface area contributed by atoms with Gasteiger partial charge in [-0.3, -0.25) is 5.10 Å². The maximum atomic E-state index is 9.32. The smallest absolute Gasteiger partial charge is 0.0785 e. The average molecular weight is 199 g/mol. The van der Waals surface area contributed by atoms with Gasteiger partial charge in [0.15, 0.2) is 0 Å². The molecule has 0 aliphatic heterocycles. The lowest BCUT2D eigenvalue weighted by atomic mass is 10.2. The second-order valence-corrected chi connectivity index (χ2v) is 3.16. The topological polar surface area (TPSA) is 70.2 Å². The number of aliphatic hydroxyl groups is 1. The van der Waals surface area contributed by atoms with Crippen LogP contribution in [0.3, 0.4) is 0 Å². The minimum atomic E-state index is -0.380. The first-order valence-electron chi connectivity index (χ1n) is 4.69. The van der Waals surface area contributed by atoms with E-state index in [1.165, 1.54) is 0 Å². The molecule has 0 aliphatic carbocycles. The monoisotopic (exact) mass is 199 g/mol. The fourth-order valence-corrected chi connectivity index (χ4v) is 1.15. The highest BCUT2D eigenvalue weighted by Crippen LogP contribution is 1.92. The summed E-state index contributed by atoms with van der Waals surface area (Å²) in [5.74, 6) is 0. The number of aromatic amines is 1. The molecule has 0 radical (unpaired) electrons. The highest BCUT2D eigenvalue weighted by atomic mass is 16.5. The average Bonchev–Trinajstić information content (AvgIpc) is 2.65. The zero-order valence-electron chi connectivity index (χ0n) is 8.36. The highest BCUT2D eigenvalue weighted by molar-refractivity contribution is 4.96. The molecule has 0 bridgehead atoms. The van der Waals surface area contributed by atoms with E-state index in [2.05, 4.69) is 15.5 Å². The summed E-state index contributed by atoms with van der Waals surface area (Å²) in [4.78, 5) is 0. The number of ether oxygens (including phenoxy) is 1. The minimum absolute atomic E-state index is 0.380. The standard InChI is InChI=1S/C9H17N3O2/c1-14-7-9(13)3-4-10-6-8-2-5-11-12-8/h2,5,9-10,13H,3-4,6-7H2,1H3,(H,11,12). The molecule has 0 saturated heterocycles. The van der Waals surface area contributed by atoms with Crippen molar-refractivity contribution >= 4 is 0 Å². The Morgan fingerprint density at radius 2 is 2.57 bits per heavy atom. The zero-order chi connectivity index (χ0) is 10.2. The Morgan fingerprint density at radius 3 is 3.21 bits per heavy atom. The first kappa shape index (κ1) is 11.2. The van der Waals surface area contributed by atoms with Crippen molar-refractivity contribution in [1.82, 2.24) is 15.5 Å². The molecular weight excluding hydrogens is 182 g/mol. The third-order valence-corrected chi connectivity index (χ3v) is 1.89. The maximum absolute atomic E-state index is 9.32. The molecule has 1 aromatic heterocycles. The number of H-pyrrole nitrogens is 1. The molecule has 80 valence electrons. The van der Waals surface area contributed by atoms with E-state index in [4.69, 9.17) is 4.74 Å². The third-order valence-electron chi connectivity index (χ3n) is 1.89. The Labute approximate surface area is 83.5 Å². The number of rotatable bonds is 7. The van der Waals surface area contributed by atoms with Crippen LogP contribution in [0.5, 0.6) is 0 Å². The van der Waals surface area contributed by atoms with Crippen LogP contribution in [0, 0.1) is 0 Å². The van der Waals surface area contributed by atoms with E-state index < -0.39 is 0 Å². The molecule has 1 heterocycles. The van der Waals surface area contributed by atoms with Crippen molar-refractivity contribution in [2.45, 2.75) is 19.1 Å². The first-order chi connectivity index (χ1) is 6.83. The van der Waals surface area contributed by atoms with E-state index in [9.17, 15) is 5.11 Å². The molecule has 0 amide bonds. The molecule has 1 unspecified atom stereocenters. The van der Waals surface area contributed by atoms with E-state index in [0.29, 0.717) is 13.0 Å². The predicted molar refractivity (Wildman–Crippen MR) is 52.8 cm³/mol. The molecule has 0 spiro atoms. The summed E-state index contributed by atoms with van der Waals surface area (Å²) < 4.78 is 4.81. The summed E-state index contributed by atoms with van der Waals surface area (Å²) in [5, 5.41) is 19.2. The van der Waals surface area contributed by atoms with E-state index in [1.807, 2.05) is 6.07 Å². The second kappa shape index (κ2) is 6.53. The number of nitrogens with zero attached hydrogens (tertiary/aromatic N) is 1. The largest absolute Gasteiger partial charge is 0.391 e. The fraction of sp³-hybridized carbons (Fsp3) is 0.667. The lowest BCUT2D eigenvalue weighted by molar-refractivity contribution is 0.0594. The van der Waals surface area contributed by atoms with Gasteiger partial charge in [0.25, 0.3) is 0 Å². The van der Waals surface area contributed by atoms with Gasteiger partial charge in [-0.15, -0.1) is 0 Å². The maximum Gasteiger partial charge on any atom is 0.0785 e. The molecule has 0 saturated carbocycles. The van der Waals surface area contributed by atoms with Crippen LogP contribution in [0.1, 0.15) is 12.1 Å². The van der Waals surface area contributed by atoms with Crippen LogP contribution >= 0.6 is 0 Å². The number of aromatic nitrogens is 2. The molecular formula is C9H17N3O2. The predicted octanol–water partition coefficient (Wildman–Crippen LogP) is -0.103. The third kappa shape index (κ3) is 4.36. The van der Waals surface area contributed by atoms with Gasteiger partial charge in [-0.1, -0.05) is 0 Å². The molecule has 3 N–H and O–H groups in total. The summed E-state index contributed by atoms with van der Waals surface area (Å²) in [6.45, 7) is 1.91. The van der Waals surface area contributed by atoms with Gasteiger partial charge in [0, 0.05) is 25.5 Å². The Kier molecular flexibility index (Phi) is 5.21. The summed E-state index contributed by atoms with van der Waals surface area (Å²) in [6.07, 6.45) is 2.04. The van der Waals surface area contributed by atoms with Crippen LogP contribution in [-0.4, -0.2) is 41.7 Å². The molecule has 0 aliphatic rings. The molecule has 5 nitrogen and oxygen atoms in total. The first-order valence-corrected chi connectivity index (χ1v) is 4.69. The number of aliphatic hydroxyl groups excluding tert-OH is 1.